The average Bonchev–Trinajstić information content (AvgIpc) is 3.10. The summed E-state index contributed by atoms with van der Waals surface area (Å²) in [6.45, 7) is 0. The Labute approximate surface area is 138 Å². The van der Waals surface area contributed by atoms with Gasteiger partial charge in [-0.05, 0) is 30.3 Å². The van der Waals surface area contributed by atoms with Crippen LogP contribution in [-0.2, 0) is 0 Å². The smallest absolute Gasteiger partial charge is 0.258 e. The molecule has 0 aliphatic rings. The molecule has 2 N–H and O–H groups in total. The van der Waals surface area contributed by atoms with E-state index in [0.717, 1.165) is 5.56 Å². The van der Waals surface area contributed by atoms with Crippen LogP contribution in [0.2, 0.25) is 0 Å². The molecule has 1 aromatic heterocycles. The number of nitrogens with one attached hydrogen (secondary N) is 2. The van der Waals surface area contributed by atoms with Crippen molar-refractivity contribution in [3.05, 3.63) is 54.1 Å². The fourth-order valence-electron chi connectivity index (χ4n) is 2.19. The molecule has 3 rings (SSSR count). The second kappa shape index (κ2) is 6.82. The van der Waals surface area contributed by atoms with E-state index in [4.69, 9.17) is 9.47 Å². The molecular weight excluding hydrogens is 308 g/mol. The molecule has 0 fully saturated rings. The molecule has 0 aliphatic heterocycles. The molecule has 0 atom stereocenters. The van der Waals surface area contributed by atoms with Crippen LogP contribution in [0.15, 0.2) is 48.5 Å². The Morgan fingerprint density at radius 1 is 1.04 bits per heavy atom. The summed E-state index contributed by atoms with van der Waals surface area (Å²) in [7, 11) is 3.14. The minimum absolute atomic E-state index is 0.202. The second-order valence-electron chi connectivity index (χ2n) is 4.90. The number of H-pyrrole nitrogens is 1. The number of ether oxygens (including phenoxy) is 2. The normalized spacial score (nSPS) is 10.2. The number of benzene rings is 2. The molecule has 0 spiro atoms. The molecule has 0 unspecified atom stereocenters. The standard InChI is InChI=1S/C17H16N4O3/c1-23-13-9-8-12(10-14(13)24-2)15-18-17(21-20-15)19-16(22)11-6-4-3-5-7-11/h3-10H,1-2H3,(H2,18,19,20,21,22). The van der Waals surface area contributed by atoms with Gasteiger partial charge in [0, 0.05) is 11.1 Å². The van der Waals surface area contributed by atoms with Crippen molar-refractivity contribution in [3.63, 3.8) is 0 Å². The number of carbonyl (C=O) groups excluding carboxylic acids is 1. The number of anilines is 1. The maximum absolute atomic E-state index is 12.1. The summed E-state index contributed by atoms with van der Waals surface area (Å²) >= 11 is 0. The molecule has 0 radical (unpaired) electrons. The summed E-state index contributed by atoms with van der Waals surface area (Å²) in [5, 5.41) is 9.46. The summed E-state index contributed by atoms with van der Waals surface area (Å²) in [4.78, 5) is 16.4. The summed E-state index contributed by atoms with van der Waals surface area (Å²) in [6.07, 6.45) is 0. The van der Waals surface area contributed by atoms with Crippen LogP contribution >= 0.6 is 0 Å². The van der Waals surface area contributed by atoms with Gasteiger partial charge in [0.1, 0.15) is 0 Å². The lowest BCUT2D eigenvalue weighted by atomic mass is 10.2. The van der Waals surface area contributed by atoms with E-state index < -0.39 is 0 Å². The Balaban J connectivity index is 1.79. The molecule has 0 saturated carbocycles. The van der Waals surface area contributed by atoms with E-state index in [0.29, 0.717) is 22.9 Å². The number of hydrogen-bond acceptors (Lipinski definition) is 5. The fraction of sp³-hybridized carbons (Fsp3) is 0.118. The lowest BCUT2D eigenvalue weighted by Crippen LogP contribution is -2.12. The zero-order chi connectivity index (χ0) is 16.9. The lowest BCUT2D eigenvalue weighted by molar-refractivity contribution is 0.102. The number of carbonyl (C=O) groups is 1. The van der Waals surface area contributed by atoms with Gasteiger partial charge in [-0.2, -0.15) is 4.98 Å². The van der Waals surface area contributed by atoms with Crippen molar-refractivity contribution in [1.29, 1.82) is 0 Å². The first-order valence-electron chi connectivity index (χ1n) is 7.22. The summed E-state index contributed by atoms with van der Waals surface area (Å²) in [5.74, 6) is 1.65. The molecule has 0 aliphatic carbocycles. The van der Waals surface area contributed by atoms with Gasteiger partial charge < -0.3 is 9.47 Å². The maximum atomic E-state index is 12.1. The van der Waals surface area contributed by atoms with Crippen LogP contribution in [0, 0.1) is 0 Å². The Hall–Kier alpha value is -3.35. The number of aromatic amines is 1. The summed E-state index contributed by atoms with van der Waals surface area (Å²) in [5.41, 5.74) is 1.30. The minimum atomic E-state index is -0.270. The van der Waals surface area contributed by atoms with Gasteiger partial charge in [-0.3, -0.25) is 15.2 Å². The number of nitrogens with zero attached hydrogens (tertiary/aromatic N) is 2. The van der Waals surface area contributed by atoms with Crippen molar-refractivity contribution in [2.45, 2.75) is 0 Å². The van der Waals surface area contributed by atoms with Gasteiger partial charge in [0.15, 0.2) is 17.3 Å². The molecule has 24 heavy (non-hydrogen) atoms. The molecule has 1 heterocycles. The van der Waals surface area contributed by atoms with E-state index in [9.17, 15) is 4.79 Å². The highest BCUT2D eigenvalue weighted by Gasteiger charge is 2.12. The number of methoxy groups -OCH3 is 2. The molecule has 0 saturated heterocycles. The third-order valence-corrected chi connectivity index (χ3v) is 3.40. The van der Waals surface area contributed by atoms with Gasteiger partial charge in [-0.15, -0.1) is 5.10 Å². The number of rotatable bonds is 5. The van der Waals surface area contributed by atoms with Crippen molar-refractivity contribution in [2.24, 2.45) is 0 Å². The monoisotopic (exact) mass is 324 g/mol. The number of hydrogen-bond donors (Lipinski definition) is 2. The van der Waals surface area contributed by atoms with Crippen LogP contribution < -0.4 is 14.8 Å². The van der Waals surface area contributed by atoms with Crippen molar-refractivity contribution in [3.8, 4) is 22.9 Å². The molecule has 3 aromatic rings. The van der Waals surface area contributed by atoms with Crippen LogP contribution in [0.3, 0.4) is 0 Å². The first-order chi connectivity index (χ1) is 11.7. The van der Waals surface area contributed by atoms with E-state index in [2.05, 4.69) is 20.5 Å². The predicted octanol–water partition coefficient (Wildman–Crippen LogP) is 2.74. The fourth-order valence-corrected chi connectivity index (χ4v) is 2.19. The Bertz CT molecular complexity index is 846. The largest absolute Gasteiger partial charge is 0.493 e. The number of aromatic nitrogens is 3. The van der Waals surface area contributed by atoms with Crippen LogP contribution in [0.4, 0.5) is 5.95 Å². The van der Waals surface area contributed by atoms with Crippen molar-refractivity contribution in [1.82, 2.24) is 15.2 Å². The van der Waals surface area contributed by atoms with Gasteiger partial charge in [0.25, 0.3) is 5.91 Å². The van der Waals surface area contributed by atoms with Crippen LogP contribution in [-0.4, -0.2) is 35.3 Å². The van der Waals surface area contributed by atoms with Crippen LogP contribution in [0.1, 0.15) is 10.4 Å². The van der Waals surface area contributed by atoms with Crippen LogP contribution in [0.5, 0.6) is 11.5 Å². The lowest BCUT2D eigenvalue weighted by Gasteiger charge is -2.07. The summed E-state index contributed by atoms with van der Waals surface area (Å²) < 4.78 is 10.5. The molecule has 7 heteroatoms. The molecule has 2 aromatic carbocycles. The Morgan fingerprint density at radius 3 is 2.50 bits per heavy atom. The van der Waals surface area contributed by atoms with Crippen molar-refractivity contribution >= 4 is 11.9 Å². The van der Waals surface area contributed by atoms with E-state index in [-0.39, 0.29) is 11.9 Å². The maximum Gasteiger partial charge on any atom is 0.258 e. The Kier molecular flexibility index (Phi) is 4.42. The van der Waals surface area contributed by atoms with E-state index in [1.165, 1.54) is 0 Å². The van der Waals surface area contributed by atoms with Gasteiger partial charge in [-0.1, -0.05) is 18.2 Å². The van der Waals surface area contributed by atoms with E-state index in [1.54, 1.807) is 50.6 Å². The first kappa shape index (κ1) is 15.5. The quantitative estimate of drug-likeness (QED) is 0.753. The van der Waals surface area contributed by atoms with E-state index >= 15 is 0 Å². The third kappa shape index (κ3) is 3.19. The van der Waals surface area contributed by atoms with Crippen LogP contribution in [0.25, 0.3) is 11.4 Å². The van der Waals surface area contributed by atoms with Gasteiger partial charge in [0.05, 0.1) is 14.2 Å². The first-order valence-corrected chi connectivity index (χ1v) is 7.22. The van der Waals surface area contributed by atoms with Crippen molar-refractivity contribution in [2.75, 3.05) is 19.5 Å². The Morgan fingerprint density at radius 2 is 1.79 bits per heavy atom. The van der Waals surface area contributed by atoms with Gasteiger partial charge in [-0.25, -0.2) is 0 Å². The second-order valence-corrected chi connectivity index (χ2v) is 4.90. The molecule has 1 amide bonds. The van der Waals surface area contributed by atoms with Gasteiger partial charge in [0.2, 0.25) is 5.95 Å². The topological polar surface area (TPSA) is 89.1 Å². The highest BCUT2D eigenvalue weighted by atomic mass is 16.5. The molecule has 0 bridgehead atoms. The molecular formula is C17H16N4O3. The van der Waals surface area contributed by atoms with Crippen molar-refractivity contribution < 1.29 is 14.3 Å². The number of amides is 1. The minimum Gasteiger partial charge on any atom is -0.493 e. The SMILES string of the molecule is COc1ccc(-c2nc(NC(=O)c3ccccc3)n[nH]2)cc1OC. The zero-order valence-corrected chi connectivity index (χ0v) is 13.2. The predicted molar refractivity (Wildman–Crippen MR) is 89.3 cm³/mol. The van der Waals surface area contributed by atoms with E-state index in [1.807, 2.05) is 12.1 Å². The molecule has 7 nitrogen and oxygen atoms in total. The highest BCUT2D eigenvalue weighted by Crippen LogP contribution is 2.31. The summed E-state index contributed by atoms with van der Waals surface area (Å²) in [6, 6.07) is 14.3. The zero-order valence-electron chi connectivity index (χ0n) is 13.2. The van der Waals surface area contributed by atoms with Gasteiger partial charge >= 0.3 is 0 Å². The average molecular weight is 324 g/mol. The third-order valence-electron chi connectivity index (χ3n) is 3.40. The molecule has 122 valence electrons. The highest BCUT2D eigenvalue weighted by molar-refractivity contribution is 6.03.